The summed E-state index contributed by atoms with van der Waals surface area (Å²) in [6.07, 6.45) is 1.98. The molecule has 0 saturated heterocycles. The Labute approximate surface area is 146 Å². The molecule has 0 aliphatic rings. The number of benzene rings is 2. The lowest BCUT2D eigenvalue weighted by molar-refractivity contribution is 0.0514. The van der Waals surface area contributed by atoms with Crippen LogP contribution in [0, 0.1) is 6.92 Å². The molecule has 0 fully saturated rings. The molecule has 0 heterocycles. The molecule has 1 atom stereocenters. The van der Waals surface area contributed by atoms with E-state index in [9.17, 15) is 0 Å². The zero-order valence-electron chi connectivity index (χ0n) is 15.1. The van der Waals surface area contributed by atoms with E-state index in [4.69, 9.17) is 9.47 Å². The van der Waals surface area contributed by atoms with Crippen LogP contribution in [-0.4, -0.2) is 25.7 Å². The molecule has 24 heavy (non-hydrogen) atoms. The summed E-state index contributed by atoms with van der Waals surface area (Å²) >= 11 is 0. The summed E-state index contributed by atoms with van der Waals surface area (Å²) in [6, 6.07) is 14.6. The van der Waals surface area contributed by atoms with Crippen molar-refractivity contribution < 1.29 is 9.47 Å². The molecule has 2 rings (SSSR count). The molecule has 0 aromatic heterocycles. The fraction of sp³-hybridized carbons (Fsp3) is 0.350. The maximum Gasteiger partial charge on any atom is 0.188 e. The summed E-state index contributed by atoms with van der Waals surface area (Å²) < 4.78 is 10.9. The molecule has 0 aliphatic carbocycles. The molecule has 0 amide bonds. The second-order valence-electron chi connectivity index (χ2n) is 6.64. The maximum absolute atomic E-state index is 5.79. The van der Waals surface area contributed by atoms with E-state index in [0.717, 1.165) is 16.9 Å². The molecule has 0 radical (unpaired) electrons. The Morgan fingerprint density at radius 1 is 1.04 bits per heavy atom. The summed E-state index contributed by atoms with van der Waals surface area (Å²) in [7, 11) is 2.14. The minimum atomic E-state index is -0.0771. The number of rotatable bonds is 6. The number of nitrogens with zero attached hydrogens (tertiary/aromatic N) is 1. The van der Waals surface area contributed by atoms with Crippen LogP contribution in [0.1, 0.15) is 31.9 Å². The Hall–Kier alpha value is -1.70. The van der Waals surface area contributed by atoms with E-state index in [2.05, 4.69) is 75.2 Å². The molecule has 0 saturated carbocycles. The van der Waals surface area contributed by atoms with Gasteiger partial charge in [-0.1, -0.05) is 51.0 Å². The standard InChI is InChI=1S/C20H26NO2P/c1-15-9-8-12-18(19(15)23-14-22-5)24-17-11-7-6-10-16(17)13-21-20(2,3)4/h6-13,24H,14H2,1-5H3/b21-13+. The van der Waals surface area contributed by atoms with Crippen LogP contribution in [0.25, 0.3) is 0 Å². The van der Waals surface area contributed by atoms with Crippen LogP contribution in [0.5, 0.6) is 5.75 Å². The van der Waals surface area contributed by atoms with Crippen LogP contribution in [0.3, 0.4) is 0 Å². The fourth-order valence-electron chi connectivity index (χ4n) is 2.19. The molecule has 2 aromatic carbocycles. The van der Waals surface area contributed by atoms with E-state index in [1.165, 1.54) is 10.6 Å². The highest BCUT2D eigenvalue weighted by atomic mass is 31.1. The Morgan fingerprint density at radius 2 is 1.75 bits per heavy atom. The number of hydrogen-bond acceptors (Lipinski definition) is 3. The van der Waals surface area contributed by atoms with E-state index in [0.29, 0.717) is 8.58 Å². The zero-order chi connectivity index (χ0) is 17.6. The Morgan fingerprint density at radius 3 is 2.46 bits per heavy atom. The lowest BCUT2D eigenvalue weighted by Crippen LogP contribution is -2.15. The van der Waals surface area contributed by atoms with Gasteiger partial charge in [-0.05, 0) is 38.6 Å². The largest absolute Gasteiger partial charge is 0.467 e. The van der Waals surface area contributed by atoms with Gasteiger partial charge in [0.25, 0.3) is 0 Å². The van der Waals surface area contributed by atoms with Gasteiger partial charge < -0.3 is 9.47 Å². The minimum Gasteiger partial charge on any atom is -0.467 e. The predicted octanol–water partition coefficient (Wildman–Crippen LogP) is 3.82. The molecule has 0 aliphatic heterocycles. The summed E-state index contributed by atoms with van der Waals surface area (Å²) in [4.78, 5) is 4.65. The van der Waals surface area contributed by atoms with Crippen LogP contribution in [0.2, 0.25) is 0 Å². The third-order valence-corrected chi connectivity index (χ3v) is 4.74. The zero-order valence-corrected chi connectivity index (χ0v) is 16.1. The second kappa shape index (κ2) is 8.41. The molecule has 2 aromatic rings. The van der Waals surface area contributed by atoms with E-state index in [-0.39, 0.29) is 12.3 Å². The van der Waals surface area contributed by atoms with Crippen molar-refractivity contribution in [1.82, 2.24) is 0 Å². The average Bonchev–Trinajstić information content (AvgIpc) is 2.53. The molecule has 1 unspecified atom stereocenters. The van der Waals surface area contributed by atoms with Gasteiger partial charge in [0.1, 0.15) is 5.75 Å². The highest BCUT2D eigenvalue weighted by Gasteiger charge is 2.11. The second-order valence-corrected chi connectivity index (χ2v) is 7.97. The first-order chi connectivity index (χ1) is 11.4. The average molecular weight is 343 g/mol. The van der Waals surface area contributed by atoms with Crippen molar-refractivity contribution in [2.45, 2.75) is 33.2 Å². The van der Waals surface area contributed by atoms with Crippen LogP contribution in [-0.2, 0) is 4.74 Å². The van der Waals surface area contributed by atoms with Gasteiger partial charge in [0.05, 0.1) is 5.54 Å². The Kier molecular flexibility index (Phi) is 6.53. The summed E-state index contributed by atoms with van der Waals surface area (Å²) in [6.45, 7) is 8.63. The number of ether oxygens (including phenoxy) is 2. The van der Waals surface area contributed by atoms with Gasteiger partial charge in [-0.2, -0.15) is 0 Å². The quantitative estimate of drug-likeness (QED) is 0.453. The normalized spacial score (nSPS) is 12.4. The highest BCUT2D eigenvalue weighted by Crippen LogP contribution is 2.24. The number of aliphatic imine (C=N–C) groups is 1. The van der Waals surface area contributed by atoms with Crippen LogP contribution in [0.15, 0.2) is 47.5 Å². The summed E-state index contributed by atoms with van der Waals surface area (Å²) in [5.41, 5.74) is 2.20. The lowest BCUT2D eigenvalue weighted by Gasteiger charge is -2.15. The van der Waals surface area contributed by atoms with Crippen molar-refractivity contribution in [3.63, 3.8) is 0 Å². The van der Waals surface area contributed by atoms with E-state index in [1.54, 1.807) is 7.11 Å². The summed E-state index contributed by atoms with van der Waals surface area (Å²) in [5, 5.41) is 2.45. The van der Waals surface area contributed by atoms with Gasteiger partial charge in [-0.3, -0.25) is 4.99 Å². The first kappa shape index (κ1) is 18.6. The SMILES string of the molecule is COCOc1c(C)cccc1Pc1ccccc1/C=N/C(C)(C)C. The maximum atomic E-state index is 5.79. The highest BCUT2D eigenvalue weighted by molar-refractivity contribution is 7.56. The molecule has 0 bridgehead atoms. The number of para-hydroxylation sites is 1. The topological polar surface area (TPSA) is 30.8 Å². The molecule has 128 valence electrons. The third-order valence-electron chi connectivity index (χ3n) is 3.35. The third kappa shape index (κ3) is 5.43. The smallest absolute Gasteiger partial charge is 0.188 e. The van der Waals surface area contributed by atoms with E-state index < -0.39 is 0 Å². The van der Waals surface area contributed by atoms with Gasteiger partial charge in [0.2, 0.25) is 0 Å². The monoisotopic (exact) mass is 343 g/mol. The van der Waals surface area contributed by atoms with Crippen LogP contribution in [0.4, 0.5) is 0 Å². The van der Waals surface area contributed by atoms with Crippen molar-refractivity contribution >= 4 is 25.4 Å². The van der Waals surface area contributed by atoms with Crippen molar-refractivity contribution in [3.8, 4) is 5.75 Å². The van der Waals surface area contributed by atoms with E-state index >= 15 is 0 Å². The first-order valence-electron chi connectivity index (χ1n) is 8.03. The van der Waals surface area contributed by atoms with Crippen LogP contribution < -0.4 is 15.3 Å². The Balaban J connectivity index is 2.32. The summed E-state index contributed by atoms with van der Waals surface area (Å²) in [5.74, 6) is 0.917. The molecular weight excluding hydrogens is 317 g/mol. The predicted molar refractivity (Wildman–Crippen MR) is 105 cm³/mol. The minimum absolute atomic E-state index is 0.0771. The molecule has 4 heteroatoms. The number of methoxy groups -OCH3 is 1. The number of hydrogen-bond donors (Lipinski definition) is 0. The van der Waals surface area contributed by atoms with Crippen molar-refractivity contribution in [3.05, 3.63) is 53.6 Å². The molecule has 0 spiro atoms. The fourth-order valence-corrected chi connectivity index (χ4v) is 3.52. The Bertz CT molecular complexity index is 705. The molecule has 0 N–H and O–H groups in total. The van der Waals surface area contributed by atoms with Crippen LogP contribution >= 0.6 is 8.58 Å². The lowest BCUT2D eigenvalue weighted by atomic mass is 10.1. The number of aryl methyl sites for hydroxylation is 1. The van der Waals surface area contributed by atoms with Crippen molar-refractivity contribution in [2.24, 2.45) is 4.99 Å². The van der Waals surface area contributed by atoms with Crippen molar-refractivity contribution in [1.29, 1.82) is 0 Å². The first-order valence-corrected chi connectivity index (χ1v) is 9.03. The van der Waals surface area contributed by atoms with Gasteiger partial charge >= 0.3 is 0 Å². The van der Waals surface area contributed by atoms with Crippen molar-refractivity contribution in [2.75, 3.05) is 13.9 Å². The van der Waals surface area contributed by atoms with Gasteiger partial charge in [-0.25, -0.2) is 0 Å². The van der Waals surface area contributed by atoms with E-state index in [1.807, 2.05) is 6.21 Å². The molecule has 3 nitrogen and oxygen atoms in total. The van der Waals surface area contributed by atoms with Gasteiger partial charge in [-0.15, -0.1) is 0 Å². The van der Waals surface area contributed by atoms with Gasteiger partial charge in [0.15, 0.2) is 6.79 Å². The molecular formula is C20H26NO2P. The van der Waals surface area contributed by atoms with Gasteiger partial charge in [0, 0.05) is 24.2 Å².